The molecule has 0 heterocycles. The van der Waals surface area contributed by atoms with E-state index in [4.69, 9.17) is 34.8 Å². The second kappa shape index (κ2) is 5.59. The van der Waals surface area contributed by atoms with Gasteiger partial charge in [-0.3, -0.25) is 4.72 Å². The Kier molecular flexibility index (Phi) is 4.26. The number of halogens is 3. The van der Waals surface area contributed by atoms with Crippen molar-refractivity contribution < 1.29 is 8.42 Å². The van der Waals surface area contributed by atoms with E-state index in [9.17, 15) is 8.42 Å². The highest BCUT2D eigenvalue weighted by molar-refractivity contribution is 7.92. The third-order valence-corrected chi connectivity index (χ3v) is 4.71. The van der Waals surface area contributed by atoms with E-state index in [-0.39, 0.29) is 20.6 Å². The van der Waals surface area contributed by atoms with E-state index >= 15 is 0 Å². The molecular formula is C12H8Cl3NO2S. The first kappa shape index (κ1) is 14.5. The predicted octanol–water partition coefficient (Wildman–Crippen LogP) is 4.45. The minimum absolute atomic E-state index is 0.0870. The van der Waals surface area contributed by atoms with Crippen molar-refractivity contribution in [1.82, 2.24) is 0 Å². The van der Waals surface area contributed by atoms with Crippen molar-refractivity contribution in [2.75, 3.05) is 4.72 Å². The molecule has 2 rings (SSSR count). The number of rotatable bonds is 3. The lowest BCUT2D eigenvalue weighted by molar-refractivity contribution is 0.601. The van der Waals surface area contributed by atoms with Crippen LogP contribution in [0.15, 0.2) is 47.4 Å². The van der Waals surface area contributed by atoms with Gasteiger partial charge in [-0.2, -0.15) is 0 Å². The highest BCUT2D eigenvalue weighted by Gasteiger charge is 2.19. The molecule has 0 spiro atoms. The van der Waals surface area contributed by atoms with Gasteiger partial charge in [0.2, 0.25) is 0 Å². The summed E-state index contributed by atoms with van der Waals surface area (Å²) in [5.41, 5.74) is 0.278. The van der Waals surface area contributed by atoms with Crippen molar-refractivity contribution in [2.45, 2.75) is 4.90 Å². The van der Waals surface area contributed by atoms with Crippen LogP contribution in [0.5, 0.6) is 0 Å². The largest absolute Gasteiger partial charge is 0.278 e. The molecule has 100 valence electrons. The highest BCUT2D eigenvalue weighted by atomic mass is 35.5. The lowest BCUT2D eigenvalue weighted by Gasteiger charge is -2.10. The van der Waals surface area contributed by atoms with Gasteiger partial charge in [0.25, 0.3) is 10.0 Å². The maximum atomic E-state index is 12.2. The van der Waals surface area contributed by atoms with Crippen molar-refractivity contribution in [1.29, 1.82) is 0 Å². The summed E-state index contributed by atoms with van der Waals surface area (Å²) in [4.78, 5) is -0.0958. The van der Waals surface area contributed by atoms with E-state index in [0.717, 1.165) is 0 Å². The average Bonchev–Trinajstić information content (AvgIpc) is 2.35. The molecule has 0 saturated carbocycles. The van der Waals surface area contributed by atoms with Crippen molar-refractivity contribution in [2.24, 2.45) is 0 Å². The minimum atomic E-state index is -3.84. The van der Waals surface area contributed by atoms with E-state index in [0.29, 0.717) is 5.02 Å². The van der Waals surface area contributed by atoms with Gasteiger partial charge in [0.15, 0.2) is 0 Å². The van der Waals surface area contributed by atoms with Crippen molar-refractivity contribution in [3.63, 3.8) is 0 Å². The Morgan fingerprint density at radius 2 is 1.58 bits per heavy atom. The van der Waals surface area contributed by atoms with Gasteiger partial charge < -0.3 is 0 Å². The lowest BCUT2D eigenvalue weighted by atomic mass is 10.3. The van der Waals surface area contributed by atoms with Crippen molar-refractivity contribution in [3.8, 4) is 0 Å². The number of hydrogen-bond acceptors (Lipinski definition) is 2. The van der Waals surface area contributed by atoms with Crippen LogP contribution in [0.1, 0.15) is 0 Å². The van der Waals surface area contributed by atoms with Crippen LogP contribution in [0.4, 0.5) is 5.69 Å². The molecule has 0 aliphatic carbocycles. The molecule has 3 nitrogen and oxygen atoms in total. The Morgan fingerprint density at radius 3 is 2.26 bits per heavy atom. The second-order valence-corrected chi connectivity index (χ2v) is 6.56. The molecule has 0 amide bonds. The maximum absolute atomic E-state index is 12.2. The molecule has 0 aliphatic heterocycles. The summed E-state index contributed by atoms with van der Waals surface area (Å²) in [5.74, 6) is 0. The molecule has 0 bridgehead atoms. The van der Waals surface area contributed by atoms with Crippen LogP contribution in [-0.2, 0) is 10.0 Å². The van der Waals surface area contributed by atoms with Gasteiger partial charge in [-0.05, 0) is 30.3 Å². The molecule has 0 fully saturated rings. The van der Waals surface area contributed by atoms with Crippen molar-refractivity contribution >= 4 is 50.5 Å². The molecule has 19 heavy (non-hydrogen) atoms. The molecule has 0 saturated heterocycles. The summed E-state index contributed by atoms with van der Waals surface area (Å²) in [6.07, 6.45) is 0. The summed E-state index contributed by atoms with van der Waals surface area (Å²) in [6.45, 7) is 0. The van der Waals surface area contributed by atoms with Crippen molar-refractivity contribution in [3.05, 3.63) is 57.5 Å². The lowest BCUT2D eigenvalue weighted by Crippen LogP contribution is -2.13. The molecule has 2 aromatic rings. The molecular weight excluding hydrogens is 329 g/mol. The van der Waals surface area contributed by atoms with E-state index in [1.807, 2.05) is 0 Å². The molecule has 0 radical (unpaired) electrons. The third kappa shape index (κ3) is 3.34. The Hall–Kier alpha value is -0.940. The molecule has 0 atom stereocenters. The van der Waals surface area contributed by atoms with Gasteiger partial charge in [-0.1, -0.05) is 46.9 Å². The van der Waals surface area contributed by atoms with Gasteiger partial charge in [-0.25, -0.2) is 8.42 Å². The summed E-state index contributed by atoms with van der Waals surface area (Å²) in [5, 5.41) is 0.664. The fraction of sp³-hybridized carbons (Fsp3) is 0. The van der Waals surface area contributed by atoms with E-state index in [1.54, 1.807) is 24.3 Å². The number of anilines is 1. The number of sulfonamides is 1. The Morgan fingerprint density at radius 1 is 0.895 bits per heavy atom. The van der Waals surface area contributed by atoms with Crippen LogP contribution in [0, 0.1) is 0 Å². The number of nitrogens with one attached hydrogen (secondary N) is 1. The minimum Gasteiger partial charge on any atom is -0.278 e. The second-order valence-electron chi connectivity index (χ2n) is 3.66. The number of para-hydroxylation sites is 1. The fourth-order valence-electron chi connectivity index (χ4n) is 1.43. The van der Waals surface area contributed by atoms with Gasteiger partial charge in [-0.15, -0.1) is 0 Å². The highest BCUT2D eigenvalue weighted by Crippen LogP contribution is 2.29. The molecule has 7 heteroatoms. The zero-order chi connectivity index (χ0) is 14.0. The number of hydrogen-bond donors (Lipinski definition) is 1. The Bertz CT molecular complexity index is 717. The molecule has 2 aromatic carbocycles. The standard InChI is InChI=1S/C12H8Cl3NO2S/c13-8-5-6-10(15)12(7-8)19(17,18)16-11-4-2-1-3-9(11)14/h1-7,16H. The molecule has 1 N–H and O–H groups in total. The monoisotopic (exact) mass is 335 g/mol. The van der Waals surface area contributed by atoms with E-state index < -0.39 is 10.0 Å². The van der Waals surface area contributed by atoms with Gasteiger partial charge in [0.1, 0.15) is 4.90 Å². The third-order valence-electron chi connectivity index (χ3n) is 2.30. The molecule has 0 aliphatic rings. The topological polar surface area (TPSA) is 46.2 Å². The van der Waals surface area contributed by atoms with Crippen LogP contribution in [0.3, 0.4) is 0 Å². The smallest absolute Gasteiger partial charge is 0.263 e. The fourth-order valence-corrected chi connectivity index (χ4v) is 3.51. The summed E-state index contributed by atoms with van der Waals surface area (Å²) in [7, 11) is -3.84. The van der Waals surface area contributed by atoms with Gasteiger partial charge in [0.05, 0.1) is 15.7 Å². The van der Waals surface area contributed by atoms with Crippen LogP contribution in [0.25, 0.3) is 0 Å². The van der Waals surface area contributed by atoms with E-state index in [2.05, 4.69) is 4.72 Å². The summed E-state index contributed by atoms with van der Waals surface area (Å²) in [6, 6.07) is 10.7. The Labute approximate surface area is 126 Å². The van der Waals surface area contributed by atoms with E-state index in [1.165, 1.54) is 18.2 Å². The first-order valence-corrected chi connectivity index (χ1v) is 7.74. The average molecular weight is 337 g/mol. The first-order valence-electron chi connectivity index (χ1n) is 5.12. The van der Waals surface area contributed by atoms with Crippen LogP contribution in [0.2, 0.25) is 15.1 Å². The van der Waals surface area contributed by atoms with Crippen LogP contribution in [-0.4, -0.2) is 8.42 Å². The summed E-state index contributed by atoms with van der Waals surface area (Å²) >= 11 is 17.6. The quantitative estimate of drug-likeness (QED) is 0.900. The zero-order valence-corrected chi connectivity index (χ0v) is 12.5. The van der Waals surface area contributed by atoms with Crippen LogP contribution >= 0.6 is 34.8 Å². The first-order chi connectivity index (χ1) is 8.90. The van der Waals surface area contributed by atoms with Crippen LogP contribution < -0.4 is 4.72 Å². The van der Waals surface area contributed by atoms with Gasteiger partial charge in [0, 0.05) is 5.02 Å². The number of benzene rings is 2. The Balaban J connectivity index is 2.44. The molecule has 0 unspecified atom stereocenters. The SMILES string of the molecule is O=S(=O)(Nc1ccccc1Cl)c1cc(Cl)ccc1Cl. The molecule has 0 aromatic heterocycles. The predicted molar refractivity (Wildman–Crippen MR) is 78.7 cm³/mol. The maximum Gasteiger partial charge on any atom is 0.263 e. The van der Waals surface area contributed by atoms with Gasteiger partial charge >= 0.3 is 0 Å². The normalized spacial score (nSPS) is 11.3. The summed E-state index contributed by atoms with van der Waals surface area (Å²) < 4.78 is 26.8. The zero-order valence-electron chi connectivity index (χ0n) is 9.40.